The van der Waals surface area contributed by atoms with Gasteiger partial charge in [0, 0.05) is 13.1 Å². The molecule has 1 amide bonds. The Morgan fingerprint density at radius 2 is 2.12 bits per heavy atom. The third-order valence-corrected chi connectivity index (χ3v) is 4.93. The summed E-state index contributed by atoms with van der Waals surface area (Å²) in [5.41, 5.74) is 0.789. The van der Waals surface area contributed by atoms with Gasteiger partial charge in [-0.2, -0.15) is 4.99 Å². The molecule has 1 N–H and O–H groups in total. The number of carbonyl (C=O) groups is 1. The third kappa shape index (κ3) is 4.16. The number of morpholine rings is 1. The Morgan fingerprint density at radius 3 is 2.80 bits per heavy atom. The number of nitrogens with zero attached hydrogens (tertiary/aromatic N) is 2. The molecule has 1 aromatic carbocycles. The van der Waals surface area contributed by atoms with Gasteiger partial charge in [0.2, 0.25) is 0 Å². The summed E-state index contributed by atoms with van der Waals surface area (Å²) in [6, 6.07) is 5.03. The summed E-state index contributed by atoms with van der Waals surface area (Å²) in [5, 5.41) is 10.5. The molecule has 0 bridgehead atoms. The lowest BCUT2D eigenvalue weighted by Crippen LogP contribution is -2.47. The highest BCUT2D eigenvalue weighted by Gasteiger charge is 2.31. The first-order valence-electron chi connectivity index (χ1n) is 8.35. The van der Waals surface area contributed by atoms with Crippen molar-refractivity contribution in [1.29, 1.82) is 0 Å². The molecule has 1 saturated heterocycles. The van der Waals surface area contributed by atoms with E-state index in [1.165, 1.54) is 11.8 Å². The van der Waals surface area contributed by atoms with Crippen molar-refractivity contribution in [2.45, 2.75) is 33.0 Å². The Labute approximate surface area is 151 Å². The van der Waals surface area contributed by atoms with Crippen molar-refractivity contribution in [3.05, 3.63) is 28.7 Å². The maximum Gasteiger partial charge on any atom is 0.286 e. The van der Waals surface area contributed by atoms with Crippen molar-refractivity contribution in [3.8, 4) is 11.5 Å². The van der Waals surface area contributed by atoms with Crippen LogP contribution in [0.1, 0.15) is 26.3 Å². The van der Waals surface area contributed by atoms with Gasteiger partial charge in [-0.1, -0.05) is 6.07 Å². The van der Waals surface area contributed by atoms with Gasteiger partial charge in [0.05, 0.1) is 23.7 Å². The van der Waals surface area contributed by atoms with Gasteiger partial charge in [-0.05, 0) is 56.3 Å². The molecule has 1 aromatic rings. The van der Waals surface area contributed by atoms with Crippen LogP contribution in [-0.2, 0) is 9.53 Å². The molecule has 0 aromatic heterocycles. The number of amides is 1. The van der Waals surface area contributed by atoms with Crippen LogP contribution >= 0.6 is 11.8 Å². The topological polar surface area (TPSA) is 71.4 Å². The minimum Gasteiger partial charge on any atom is -0.504 e. The number of rotatable bonds is 3. The van der Waals surface area contributed by atoms with E-state index in [0.29, 0.717) is 17.3 Å². The summed E-state index contributed by atoms with van der Waals surface area (Å²) >= 11 is 1.38. The molecule has 1 fully saturated rings. The number of aromatic hydroxyl groups is 1. The van der Waals surface area contributed by atoms with Crippen molar-refractivity contribution in [1.82, 2.24) is 4.90 Å². The van der Waals surface area contributed by atoms with E-state index in [4.69, 9.17) is 9.47 Å². The highest BCUT2D eigenvalue weighted by Crippen LogP contribution is 2.33. The number of hydrogen-bond donors (Lipinski definition) is 1. The fourth-order valence-electron chi connectivity index (χ4n) is 2.91. The number of thioether (sulfide) groups is 1. The molecule has 25 heavy (non-hydrogen) atoms. The van der Waals surface area contributed by atoms with Gasteiger partial charge in [0.1, 0.15) is 0 Å². The van der Waals surface area contributed by atoms with Gasteiger partial charge >= 0.3 is 0 Å². The largest absolute Gasteiger partial charge is 0.504 e. The maximum atomic E-state index is 12.3. The summed E-state index contributed by atoms with van der Waals surface area (Å²) in [5.74, 6) is 0.254. The molecule has 3 rings (SSSR count). The highest BCUT2D eigenvalue weighted by molar-refractivity contribution is 8.18. The third-order valence-electron chi connectivity index (χ3n) is 3.88. The minimum atomic E-state index is -0.238. The number of carbonyl (C=O) groups excluding carboxylic acids is 1. The molecule has 2 heterocycles. The summed E-state index contributed by atoms with van der Waals surface area (Å²) in [6.45, 7) is 7.81. The first-order chi connectivity index (χ1) is 12.0. The Morgan fingerprint density at radius 1 is 1.40 bits per heavy atom. The van der Waals surface area contributed by atoms with E-state index >= 15 is 0 Å². The monoisotopic (exact) mass is 362 g/mol. The molecule has 0 aliphatic carbocycles. The van der Waals surface area contributed by atoms with Crippen molar-refractivity contribution < 1.29 is 19.4 Å². The van der Waals surface area contributed by atoms with Gasteiger partial charge in [-0.15, -0.1) is 0 Å². The fourth-order valence-corrected chi connectivity index (χ4v) is 3.84. The molecule has 0 spiro atoms. The molecule has 2 aliphatic heterocycles. The summed E-state index contributed by atoms with van der Waals surface area (Å²) in [7, 11) is 0. The standard InChI is InChI=1S/C18H22N2O4S/c1-4-23-15-7-13(5-6-14(15)21)8-16-17(22)19-18(25-16)20-9-11(2)24-12(3)10-20/h5-8,11-12,21H,4,9-10H2,1-3H3/b16-8-/t11-,12-/m1/s1. The highest BCUT2D eigenvalue weighted by atomic mass is 32.2. The van der Waals surface area contributed by atoms with E-state index in [2.05, 4.69) is 9.89 Å². The molecule has 2 aliphatic rings. The first-order valence-corrected chi connectivity index (χ1v) is 9.16. The van der Waals surface area contributed by atoms with Gasteiger partial charge in [0.25, 0.3) is 5.91 Å². The first kappa shape index (κ1) is 17.8. The van der Waals surface area contributed by atoms with Crippen LogP contribution in [0.3, 0.4) is 0 Å². The van der Waals surface area contributed by atoms with Crippen LogP contribution in [0.15, 0.2) is 28.1 Å². The number of aliphatic imine (C=N–C) groups is 1. The lowest BCUT2D eigenvalue weighted by Gasteiger charge is -2.35. The van der Waals surface area contributed by atoms with Gasteiger partial charge in [-0.25, -0.2) is 0 Å². The molecule has 134 valence electrons. The SMILES string of the molecule is CCOc1cc(/C=C2\SC(N3C[C@@H](C)O[C@H](C)C3)=NC2=O)ccc1O. The summed E-state index contributed by atoms with van der Waals surface area (Å²) in [6.07, 6.45) is 2.00. The van der Waals surface area contributed by atoms with Crippen LogP contribution in [-0.4, -0.2) is 53.0 Å². The molecule has 7 heteroatoms. The van der Waals surface area contributed by atoms with Crippen molar-refractivity contribution in [3.63, 3.8) is 0 Å². The van der Waals surface area contributed by atoms with Gasteiger partial charge < -0.3 is 19.5 Å². The molecular formula is C18H22N2O4S. The summed E-state index contributed by atoms with van der Waals surface area (Å²) < 4.78 is 11.1. The lowest BCUT2D eigenvalue weighted by atomic mass is 10.2. The quantitative estimate of drug-likeness (QED) is 0.834. The Balaban J connectivity index is 1.76. The Kier molecular flexibility index (Phi) is 5.34. The van der Waals surface area contributed by atoms with E-state index in [9.17, 15) is 9.90 Å². The van der Waals surface area contributed by atoms with Crippen LogP contribution in [0.5, 0.6) is 11.5 Å². The smallest absolute Gasteiger partial charge is 0.286 e. The minimum absolute atomic E-state index is 0.0858. The fraction of sp³-hybridized carbons (Fsp3) is 0.444. The average molecular weight is 362 g/mol. The molecule has 6 nitrogen and oxygen atoms in total. The number of hydrogen-bond acceptors (Lipinski definition) is 6. The number of ether oxygens (including phenoxy) is 2. The van der Waals surface area contributed by atoms with E-state index < -0.39 is 0 Å². The summed E-state index contributed by atoms with van der Waals surface area (Å²) in [4.78, 5) is 19.1. The average Bonchev–Trinajstić information content (AvgIpc) is 2.91. The van der Waals surface area contributed by atoms with Crippen molar-refractivity contribution >= 4 is 28.9 Å². The van der Waals surface area contributed by atoms with Crippen LogP contribution in [0.2, 0.25) is 0 Å². The second-order valence-electron chi connectivity index (χ2n) is 6.13. The van der Waals surface area contributed by atoms with Crippen LogP contribution in [0, 0.1) is 0 Å². The Bertz CT molecular complexity index is 722. The zero-order valence-corrected chi connectivity index (χ0v) is 15.4. The second kappa shape index (κ2) is 7.49. The zero-order valence-electron chi connectivity index (χ0n) is 14.6. The normalized spacial score (nSPS) is 25.4. The van der Waals surface area contributed by atoms with E-state index in [0.717, 1.165) is 23.8 Å². The molecular weight excluding hydrogens is 340 g/mol. The van der Waals surface area contributed by atoms with E-state index in [1.54, 1.807) is 24.3 Å². The second-order valence-corrected chi connectivity index (χ2v) is 7.14. The number of phenols is 1. The zero-order chi connectivity index (χ0) is 18.0. The van der Waals surface area contributed by atoms with Gasteiger partial charge in [0.15, 0.2) is 16.7 Å². The van der Waals surface area contributed by atoms with Gasteiger partial charge in [-0.3, -0.25) is 4.79 Å². The molecule has 2 atom stereocenters. The predicted octanol–water partition coefficient (Wildman–Crippen LogP) is 2.87. The van der Waals surface area contributed by atoms with Crippen LogP contribution in [0.4, 0.5) is 0 Å². The maximum absolute atomic E-state index is 12.3. The molecule has 0 saturated carbocycles. The molecule has 0 unspecified atom stereocenters. The van der Waals surface area contributed by atoms with Crippen molar-refractivity contribution in [2.24, 2.45) is 4.99 Å². The van der Waals surface area contributed by atoms with E-state index in [-0.39, 0.29) is 23.9 Å². The Hall–Kier alpha value is -1.99. The number of benzene rings is 1. The number of phenolic OH excluding ortho intramolecular Hbond substituents is 1. The van der Waals surface area contributed by atoms with Crippen LogP contribution in [0.25, 0.3) is 6.08 Å². The van der Waals surface area contributed by atoms with E-state index in [1.807, 2.05) is 20.8 Å². The molecule has 0 radical (unpaired) electrons. The number of amidine groups is 1. The predicted molar refractivity (Wildman–Crippen MR) is 98.9 cm³/mol. The van der Waals surface area contributed by atoms with Crippen molar-refractivity contribution in [2.75, 3.05) is 19.7 Å². The van der Waals surface area contributed by atoms with Crippen LogP contribution < -0.4 is 4.74 Å². The lowest BCUT2D eigenvalue weighted by molar-refractivity contribution is -0.113.